The summed E-state index contributed by atoms with van der Waals surface area (Å²) in [4.78, 5) is 0. The lowest BCUT2D eigenvalue weighted by Crippen LogP contribution is -2.19. The Kier molecular flexibility index (Phi) is 3.48. The van der Waals surface area contributed by atoms with E-state index >= 15 is 0 Å². The number of hydrogen-bond donors (Lipinski definition) is 1. The lowest BCUT2D eigenvalue weighted by Gasteiger charge is -1.99. The van der Waals surface area contributed by atoms with E-state index in [0.29, 0.717) is 23.4 Å². The van der Waals surface area contributed by atoms with Crippen LogP contribution in [0.4, 0.5) is 4.39 Å². The van der Waals surface area contributed by atoms with Crippen LogP contribution in [0.3, 0.4) is 0 Å². The summed E-state index contributed by atoms with van der Waals surface area (Å²) in [5, 5.41) is 11.5. The van der Waals surface area contributed by atoms with Crippen LogP contribution in [0.25, 0.3) is 11.5 Å². The van der Waals surface area contributed by atoms with Crippen LogP contribution in [0.2, 0.25) is 5.02 Å². The molecule has 0 unspecified atom stereocenters. The molecule has 1 fully saturated rings. The molecule has 3 rings (SSSR count). The third-order valence-corrected chi connectivity index (χ3v) is 3.21. The molecule has 0 bridgehead atoms. The van der Waals surface area contributed by atoms with E-state index in [4.69, 9.17) is 16.0 Å². The molecule has 100 valence electrons. The summed E-state index contributed by atoms with van der Waals surface area (Å²) in [6.45, 7) is 0.801. The van der Waals surface area contributed by atoms with E-state index in [2.05, 4.69) is 15.5 Å². The van der Waals surface area contributed by atoms with Gasteiger partial charge in [0.1, 0.15) is 5.82 Å². The monoisotopic (exact) mass is 281 g/mol. The van der Waals surface area contributed by atoms with Gasteiger partial charge in [0.2, 0.25) is 5.89 Å². The van der Waals surface area contributed by atoms with Crippen molar-refractivity contribution >= 4 is 11.6 Å². The molecule has 0 aliphatic heterocycles. The standard InChI is InChI=1S/C13H13ClFN3O/c14-8-1-4-10(11(15)7-8)13-18-17-12(19-13)5-6-16-9-2-3-9/h1,4,7,9,16H,2-3,5-6H2. The first-order chi connectivity index (χ1) is 9.22. The highest BCUT2D eigenvalue weighted by Crippen LogP contribution is 2.24. The van der Waals surface area contributed by atoms with Gasteiger partial charge in [0.15, 0.2) is 0 Å². The van der Waals surface area contributed by atoms with Crippen LogP contribution < -0.4 is 5.32 Å². The molecule has 0 atom stereocenters. The molecule has 4 nitrogen and oxygen atoms in total. The predicted molar refractivity (Wildman–Crippen MR) is 69.4 cm³/mol. The molecule has 1 N–H and O–H groups in total. The third-order valence-electron chi connectivity index (χ3n) is 2.98. The number of nitrogens with zero attached hydrogens (tertiary/aromatic N) is 2. The molecule has 1 aliphatic rings. The lowest BCUT2D eigenvalue weighted by molar-refractivity contribution is 0.490. The summed E-state index contributed by atoms with van der Waals surface area (Å²) in [5.41, 5.74) is 0.276. The normalized spacial score (nSPS) is 14.8. The molecule has 0 spiro atoms. The van der Waals surface area contributed by atoms with Crippen molar-refractivity contribution in [3.8, 4) is 11.5 Å². The highest BCUT2D eigenvalue weighted by Gasteiger charge is 2.20. The van der Waals surface area contributed by atoms with E-state index in [9.17, 15) is 4.39 Å². The fraction of sp³-hybridized carbons (Fsp3) is 0.385. The summed E-state index contributed by atoms with van der Waals surface area (Å²) < 4.78 is 19.1. The minimum atomic E-state index is -0.459. The number of rotatable bonds is 5. The van der Waals surface area contributed by atoms with Crippen LogP contribution in [-0.4, -0.2) is 22.8 Å². The first-order valence-electron chi connectivity index (χ1n) is 6.23. The molecular formula is C13H13ClFN3O. The van der Waals surface area contributed by atoms with Gasteiger partial charge in [-0.3, -0.25) is 0 Å². The van der Waals surface area contributed by atoms with Crippen LogP contribution in [0.5, 0.6) is 0 Å². The fourth-order valence-electron chi connectivity index (χ4n) is 1.80. The third kappa shape index (κ3) is 3.11. The molecule has 1 saturated carbocycles. The van der Waals surface area contributed by atoms with Crippen molar-refractivity contribution in [1.82, 2.24) is 15.5 Å². The van der Waals surface area contributed by atoms with Crippen molar-refractivity contribution in [2.45, 2.75) is 25.3 Å². The average Bonchev–Trinajstić information content (AvgIpc) is 3.07. The van der Waals surface area contributed by atoms with Gasteiger partial charge in [0, 0.05) is 24.0 Å². The van der Waals surface area contributed by atoms with Gasteiger partial charge in [-0.25, -0.2) is 4.39 Å². The summed E-state index contributed by atoms with van der Waals surface area (Å²) in [5.74, 6) is 0.242. The van der Waals surface area contributed by atoms with Crippen LogP contribution >= 0.6 is 11.6 Å². The zero-order chi connectivity index (χ0) is 13.2. The zero-order valence-corrected chi connectivity index (χ0v) is 11.0. The Morgan fingerprint density at radius 1 is 1.37 bits per heavy atom. The topological polar surface area (TPSA) is 51.0 Å². The maximum absolute atomic E-state index is 13.7. The second-order valence-electron chi connectivity index (χ2n) is 4.60. The molecule has 0 amide bonds. The van der Waals surface area contributed by atoms with Crippen molar-refractivity contribution in [1.29, 1.82) is 0 Å². The molecule has 2 aromatic rings. The Morgan fingerprint density at radius 3 is 2.95 bits per heavy atom. The Hall–Kier alpha value is -1.46. The largest absolute Gasteiger partial charge is 0.421 e. The minimum Gasteiger partial charge on any atom is -0.421 e. The van der Waals surface area contributed by atoms with E-state index in [1.165, 1.54) is 25.0 Å². The average molecular weight is 282 g/mol. The molecule has 0 radical (unpaired) electrons. The molecule has 6 heteroatoms. The van der Waals surface area contributed by atoms with Gasteiger partial charge in [-0.05, 0) is 31.0 Å². The summed E-state index contributed by atoms with van der Waals surface area (Å²) in [7, 11) is 0. The van der Waals surface area contributed by atoms with Gasteiger partial charge < -0.3 is 9.73 Å². The SMILES string of the molecule is Fc1cc(Cl)ccc1-c1nnc(CCNC2CC2)o1. The van der Waals surface area contributed by atoms with Crippen molar-refractivity contribution in [3.63, 3.8) is 0 Å². The summed E-state index contributed by atoms with van der Waals surface area (Å²) in [6, 6.07) is 5.02. The van der Waals surface area contributed by atoms with Gasteiger partial charge in [0.25, 0.3) is 5.89 Å². The minimum absolute atomic E-state index is 0.190. The van der Waals surface area contributed by atoms with E-state index in [1.807, 2.05) is 0 Å². The van der Waals surface area contributed by atoms with E-state index in [0.717, 1.165) is 6.54 Å². The van der Waals surface area contributed by atoms with Gasteiger partial charge in [0.05, 0.1) is 5.56 Å². The second-order valence-corrected chi connectivity index (χ2v) is 5.04. The Morgan fingerprint density at radius 2 is 2.21 bits per heavy atom. The molecule has 19 heavy (non-hydrogen) atoms. The van der Waals surface area contributed by atoms with Crippen LogP contribution in [0.15, 0.2) is 22.6 Å². The Balaban J connectivity index is 1.68. The highest BCUT2D eigenvalue weighted by molar-refractivity contribution is 6.30. The predicted octanol–water partition coefficient (Wildman–Crippen LogP) is 2.82. The Bertz CT molecular complexity index is 583. The molecule has 1 aliphatic carbocycles. The maximum Gasteiger partial charge on any atom is 0.250 e. The van der Waals surface area contributed by atoms with Crippen molar-refractivity contribution in [2.75, 3.05) is 6.54 Å². The lowest BCUT2D eigenvalue weighted by atomic mass is 10.2. The summed E-state index contributed by atoms with van der Waals surface area (Å²) >= 11 is 5.70. The van der Waals surface area contributed by atoms with Crippen LogP contribution in [0.1, 0.15) is 18.7 Å². The molecular weight excluding hydrogens is 269 g/mol. The summed E-state index contributed by atoms with van der Waals surface area (Å²) in [6.07, 6.45) is 3.13. The highest BCUT2D eigenvalue weighted by atomic mass is 35.5. The number of benzene rings is 1. The van der Waals surface area contributed by atoms with Gasteiger partial charge in [-0.2, -0.15) is 0 Å². The van der Waals surface area contributed by atoms with Gasteiger partial charge in [-0.1, -0.05) is 11.6 Å². The second kappa shape index (κ2) is 5.27. The van der Waals surface area contributed by atoms with Gasteiger partial charge in [-0.15, -0.1) is 10.2 Å². The Labute approximate surface area is 115 Å². The van der Waals surface area contributed by atoms with Crippen molar-refractivity contribution < 1.29 is 8.81 Å². The molecule has 1 heterocycles. The van der Waals surface area contributed by atoms with E-state index in [1.54, 1.807) is 6.07 Å². The zero-order valence-electron chi connectivity index (χ0n) is 10.2. The van der Waals surface area contributed by atoms with E-state index in [-0.39, 0.29) is 11.5 Å². The quantitative estimate of drug-likeness (QED) is 0.916. The van der Waals surface area contributed by atoms with Crippen LogP contribution in [0, 0.1) is 5.82 Å². The molecule has 0 saturated heterocycles. The number of hydrogen-bond acceptors (Lipinski definition) is 4. The fourth-order valence-corrected chi connectivity index (χ4v) is 1.96. The number of nitrogens with one attached hydrogen (secondary N) is 1. The number of halogens is 2. The maximum atomic E-state index is 13.7. The smallest absolute Gasteiger partial charge is 0.250 e. The van der Waals surface area contributed by atoms with E-state index < -0.39 is 5.82 Å². The molecule has 1 aromatic carbocycles. The van der Waals surface area contributed by atoms with Crippen LogP contribution in [-0.2, 0) is 6.42 Å². The van der Waals surface area contributed by atoms with Gasteiger partial charge >= 0.3 is 0 Å². The van der Waals surface area contributed by atoms with Crippen molar-refractivity contribution in [2.24, 2.45) is 0 Å². The molecule has 1 aromatic heterocycles. The van der Waals surface area contributed by atoms with Crippen molar-refractivity contribution in [3.05, 3.63) is 34.9 Å². The first kappa shape index (κ1) is 12.6. The number of aromatic nitrogens is 2. The first-order valence-corrected chi connectivity index (χ1v) is 6.61.